The van der Waals surface area contributed by atoms with E-state index in [2.05, 4.69) is 0 Å². The third-order valence-corrected chi connectivity index (χ3v) is 5.85. The smallest absolute Gasteiger partial charge is 0.312 e. The van der Waals surface area contributed by atoms with Gasteiger partial charge in [0.05, 0.1) is 26.2 Å². The largest absolute Gasteiger partial charge is 0.493 e. The van der Waals surface area contributed by atoms with Gasteiger partial charge in [-0.1, -0.05) is 18.2 Å². The van der Waals surface area contributed by atoms with Gasteiger partial charge in [0.15, 0.2) is 28.9 Å². The van der Waals surface area contributed by atoms with Crippen molar-refractivity contribution in [3.05, 3.63) is 88.2 Å². The fourth-order valence-corrected chi connectivity index (χ4v) is 4.29. The number of ether oxygens (including phenoxy) is 4. The van der Waals surface area contributed by atoms with Crippen molar-refractivity contribution in [2.75, 3.05) is 14.2 Å². The molecule has 3 aromatic rings. The number of carbonyl (C=O) groups is 2. The Kier molecular flexibility index (Phi) is 5.28. The molecule has 0 aliphatic carbocycles. The van der Waals surface area contributed by atoms with Crippen LogP contribution < -0.4 is 18.9 Å². The molecule has 0 saturated heterocycles. The third-order valence-electron chi connectivity index (χ3n) is 5.85. The number of carbonyl (C=O) groups excluding carboxylic acids is 2. The van der Waals surface area contributed by atoms with Crippen LogP contribution in [0.3, 0.4) is 0 Å². The lowest BCUT2D eigenvalue weighted by Crippen LogP contribution is -2.21. The minimum atomic E-state index is -1.03. The zero-order chi connectivity index (χ0) is 24.0. The first-order valence-electron chi connectivity index (χ1n) is 10.4. The zero-order valence-electron chi connectivity index (χ0n) is 18.2. The van der Waals surface area contributed by atoms with E-state index in [4.69, 9.17) is 18.9 Å². The summed E-state index contributed by atoms with van der Waals surface area (Å²) in [6, 6.07) is 11.7. The first kappa shape index (κ1) is 21.6. The van der Waals surface area contributed by atoms with Crippen LogP contribution >= 0.6 is 0 Å². The second kappa shape index (κ2) is 8.30. The van der Waals surface area contributed by atoms with Crippen molar-refractivity contribution >= 4 is 17.8 Å². The van der Waals surface area contributed by atoms with E-state index in [9.17, 15) is 18.4 Å². The predicted molar refractivity (Wildman–Crippen MR) is 117 cm³/mol. The highest BCUT2D eigenvalue weighted by molar-refractivity contribution is 6.15. The highest BCUT2D eigenvalue weighted by Gasteiger charge is 2.38. The summed E-state index contributed by atoms with van der Waals surface area (Å²) < 4.78 is 49.6. The van der Waals surface area contributed by atoms with E-state index >= 15 is 0 Å². The maximum atomic E-state index is 14.0. The van der Waals surface area contributed by atoms with E-state index in [1.807, 2.05) is 0 Å². The van der Waals surface area contributed by atoms with Crippen LogP contribution in [0.1, 0.15) is 39.4 Å². The summed E-state index contributed by atoms with van der Waals surface area (Å²) in [5.74, 6) is -2.22. The van der Waals surface area contributed by atoms with Crippen molar-refractivity contribution in [1.29, 1.82) is 0 Å². The number of allylic oxidation sites excluding steroid dienone is 1. The van der Waals surface area contributed by atoms with Gasteiger partial charge in [-0.05, 0) is 42.0 Å². The molecule has 3 aromatic carbocycles. The van der Waals surface area contributed by atoms with Crippen molar-refractivity contribution in [2.24, 2.45) is 0 Å². The van der Waals surface area contributed by atoms with Crippen molar-refractivity contribution in [3.63, 3.8) is 0 Å². The molecule has 0 amide bonds. The number of rotatable bonds is 4. The van der Waals surface area contributed by atoms with E-state index in [1.165, 1.54) is 38.5 Å². The lowest BCUT2D eigenvalue weighted by atomic mass is 9.84. The molecule has 2 aliphatic heterocycles. The lowest BCUT2D eigenvalue weighted by molar-refractivity contribution is -0.135. The number of methoxy groups -OCH3 is 2. The zero-order valence-corrected chi connectivity index (χ0v) is 18.2. The van der Waals surface area contributed by atoms with Gasteiger partial charge in [0.1, 0.15) is 11.5 Å². The van der Waals surface area contributed by atoms with Crippen LogP contribution in [-0.2, 0) is 4.79 Å². The number of Topliss-reactive ketones (excluding diaryl/α,β-unsaturated/α-hetero) is 1. The lowest BCUT2D eigenvalue weighted by Gasteiger charge is -2.26. The summed E-state index contributed by atoms with van der Waals surface area (Å²) in [5, 5.41) is 0. The van der Waals surface area contributed by atoms with Gasteiger partial charge >= 0.3 is 5.97 Å². The van der Waals surface area contributed by atoms with Crippen LogP contribution in [-0.4, -0.2) is 26.0 Å². The third kappa shape index (κ3) is 3.48. The number of para-hydroxylation sites is 1. The van der Waals surface area contributed by atoms with Gasteiger partial charge in [0.2, 0.25) is 5.78 Å². The molecular weight excluding hydrogens is 446 g/mol. The Balaban J connectivity index is 1.62. The second-order valence-electron chi connectivity index (χ2n) is 7.78. The van der Waals surface area contributed by atoms with Gasteiger partial charge in [0, 0.05) is 17.0 Å². The first-order chi connectivity index (χ1) is 16.4. The van der Waals surface area contributed by atoms with Gasteiger partial charge < -0.3 is 18.9 Å². The Bertz CT molecular complexity index is 1380. The minimum Gasteiger partial charge on any atom is -0.493 e. The summed E-state index contributed by atoms with van der Waals surface area (Å²) in [7, 11) is 3.00. The van der Waals surface area contributed by atoms with Crippen LogP contribution in [0.15, 0.2) is 54.3 Å². The van der Waals surface area contributed by atoms with Crippen LogP contribution in [0.2, 0.25) is 0 Å². The van der Waals surface area contributed by atoms with Gasteiger partial charge in [-0.25, -0.2) is 8.78 Å². The Morgan fingerprint density at radius 2 is 1.79 bits per heavy atom. The molecular formula is C26H18F2O6. The summed E-state index contributed by atoms with van der Waals surface area (Å²) in [6.07, 6.45) is 1.42. The summed E-state index contributed by atoms with van der Waals surface area (Å²) in [6.45, 7) is 0. The highest BCUT2D eigenvalue weighted by atomic mass is 19.2. The number of fused-ring (bicyclic) bond motifs is 3. The van der Waals surface area contributed by atoms with E-state index in [-0.39, 0.29) is 35.0 Å². The number of benzene rings is 3. The van der Waals surface area contributed by atoms with Gasteiger partial charge in [0.25, 0.3) is 0 Å². The normalized spacial score (nSPS) is 17.6. The number of halogens is 2. The molecule has 34 heavy (non-hydrogen) atoms. The Morgan fingerprint density at radius 3 is 2.53 bits per heavy atom. The van der Waals surface area contributed by atoms with Crippen LogP contribution in [0.4, 0.5) is 8.78 Å². The molecule has 0 N–H and O–H groups in total. The standard InChI is InChI=1S/C26H18F2O6/c1-31-20-5-3-4-14(25(20)32-2)11-21-24(30)15-7-9-19-23(26(15)34-21)16(12-22(29)33-19)13-6-8-17(27)18(28)10-13/h3-11,16H,12H2,1-2H3. The van der Waals surface area contributed by atoms with Crippen LogP contribution in [0.25, 0.3) is 6.08 Å². The van der Waals surface area contributed by atoms with Crippen molar-refractivity contribution in [1.82, 2.24) is 0 Å². The highest BCUT2D eigenvalue weighted by Crippen LogP contribution is 2.49. The average Bonchev–Trinajstić information content (AvgIpc) is 3.15. The van der Waals surface area contributed by atoms with Crippen molar-refractivity contribution in [3.8, 4) is 23.0 Å². The van der Waals surface area contributed by atoms with Crippen LogP contribution in [0, 0.1) is 11.6 Å². The Hall–Kier alpha value is -4.20. The molecule has 6 nitrogen and oxygen atoms in total. The molecule has 0 aromatic heterocycles. The molecule has 0 radical (unpaired) electrons. The number of hydrogen-bond donors (Lipinski definition) is 0. The maximum Gasteiger partial charge on any atom is 0.312 e. The summed E-state index contributed by atoms with van der Waals surface area (Å²) >= 11 is 0. The van der Waals surface area contributed by atoms with Gasteiger partial charge in [-0.2, -0.15) is 0 Å². The molecule has 0 spiro atoms. The quantitative estimate of drug-likeness (QED) is 0.306. The van der Waals surface area contributed by atoms with E-state index < -0.39 is 23.5 Å². The van der Waals surface area contributed by atoms with Gasteiger partial charge in [-0.15, -0.1) is 0 Å². The fourth-order valence-electron chi connectivity index (χ4n) is 4.29. The Morgan fingerprint density at radius 1 is 0.971 bits per heavy atom. The Labute approximate surface area is 193 Å². The van der Waals surface area contributed by atoms with Gasteiger partial charge in [-0.3, -0.25) is 9.59 Å². The van der Waals surface area contributed by atoms with E-state index in [0.717, 1.165) is 12.1 Å². The predicted octanol–water partition coefficient (Wildman–Crippen LogP) is 5.04. The van der Waals surface area contributed by atoms with Crippen molar-refractivity contribution < 1.29 is 37.3 Å². The molecule has 172 valence electrons. The topological polar surface area (TPSA) is 71.1 Å². The SMILES string of the molecule is COc1cccc(C=C2Oc3c(ccc4c3C(c3ccc(F)c(F)c3)CC(=O)O4)C2=O)c1OC. The monoisotopic (exact) mass is 464 g/mol. The summed E-state index contributed by atoms with van der Waals surface area (Å²) in [5.41, 5.74) is 1.64. The number of ketones is 1. The van der Waals surface area contributed by atoms with Crippen LogP contribution in [0.5, 0.6) is 23.0 Å². The molecule has 0 fully saturated rings. The molecule has 2 heterocycles. The average molecular weight is 464 g/mol. The molecule has 1 unspecified atom stereocenters. The molecule has 1 atom stereocenters. The number of hydrogen-bond acceptors (Lipinski definition) is 6. The summed E-state index contributed by atoms with van der Waals surface area (Å²) in [4.78, 5) is 25.4. The molecule has 8 heteroatoms. The molecule has 5 rings (SSSR count). The van der Waals surface area contributed by atoms with E-state index in [0.29, 0.717) is 28.2 Å². The maximum absolute atomic E-state index is 14.0. The molecule has 0 bridgehead atoms. The fraction of sp³-hybridized carbons (Fsp3) is 0.154. The van der Waals surface area contributed by atoms with E-state index in [1.54, 1.807) is 18.2 Å². The molecule has 2 aliphatic rings. The second-order valence-corrected chi connectivity index (χ2v) is 7.78. The van der Waals surface area contributed by atoms with Crippen molar-refractivity contribution in [2.45, 2.75) is 12.3 Å². The first-order valence-corrected chi connectivity index (χ1v) is 10.4. The number of esters is 1. The molecule has 0 saturated carbocycles. The minimum absolute atomic E-state index is 0.0379.